The van der Waals surface area contributed by atoms with Gasteiger partial charge in [-0.15, -0.1) is 0 Å². The molecule has 0 aliphatic heterocycles. The predicted octanol–water partition coefficient (Wildman–Crippen LogP) is 2.94. The van der Waals surface area contributed by atoms with Gasteiger partial charge in [0.15, 0.2) is 0 Å². The van der Waals surface area contributed by atoms with E-state index in [-0.39, 0.29) is 6.10 Å². The highest BCUT2D eigenvalue weighted by atomic mass is 16.3. The number of aliphatic hydroxyl groups is 1. The van der Waals surface area contributed by atoms with E-state index >= 15 is 0 Å². The van der Waals surface area contributed by atoms with Crippen LogP contribution in [0.3, 0.4) is 0 Å². The zero-order valence-corrected chi connectivity index (χ0v) is 9.56. The molecule has 1 atom stereocenters. The minimum atomic E-state index is -0.188. The summed E-state index contributed by atoms with van der Waals surface area (Å²) in [6.07, 6.45) is 4.25. The molecule has 0 bridgehead atoms. The van der Waals surface area contributed by atoms with Gasteiger partial charge in [0.25, 0.3) is 0 Å². The second kappa shape index (κ2) is 5.08. The van der Waals surface area contributed by atoms with Crippen LogP contribution in [-0.2, 0) is 6.42 Å². The van der Waals surface area contributed by atoms with E-state index in [0.29, 0.717) is 0 Å². The molecular weight excluding hydrogens is 198 g/mol. The number of pyridine rings is 1. The Labute approximate surface area is 96.0 Å². The maximum Gasteiger partial charge on any atom is 0.0702 e. The molecule has 2 aromatic rings. The minimum absolute atomic E-state index is 0.188. The van der Waals surface area contributed by atoms with Gasteiger partial charge in [0, 0.05) is 11.6 Å². The average Bonchev–Trinajstić information content (AvgIpc) is 2.35. The van der Waals surface area contributed by atoms with Gasteiger partial charge in [-0.1, -0.05) is 25.1 Å². The van der Waals surface area contributed by atoms with Crippen LogP contribution < -0.4 is 0 Å². The van der Waals surface area contributed by atoms with Crippen molar-refractivity contribution in [3.05, 3.63) is 42.1 Å². The van der Waals surface area contributed by atoms with E-state index in [2.05, 4.69) is 17.1 Å². The molecule has 0 spiro atoms. The van der Waals surface area contributed by atoms with Crippen LogP contribution in [0.1, 0.15) is 25.3 Å². The fraction of sp³-hybridized carbons (Fsp3) is 0.357. The highest BCUT2D eigenvalue weighted by Crippen LogP contribution is 2.14. The van der Waals surface area contributed by atoms with Crippen molar-refractivity contribution >= 4 is 10.9 Å². The number of hydrogen-bond donors (Lipinski definition) is 1. The van der Waals surface area contributed by atoms with Crippen molar-refractivity contribution in [2.45, 2.75) is 32.3 Å². The molecule has 16 heavy (non-hydrogen) atoms. The summed E-state index contributed by atoms with van der Waals surface area (Å²) >= 11 is 0. The van der Waals surface area contributed by atoms with Crippen LogP contribution in [0.25, 0.3) is 10.9 Å². The van der Waals surface area contributed by atoms with Gasteiger partial charge in [0.1, 0.15) is 0 Å². The molecule has 0 aliphatic rings. The standard InChI is InChI=1S/C14H17NO/c1-2-13(16)8-7-11-9-12-5-3-4-6-14(12)15-10-11/h3-6,9-10,13,16H,2,7-8H2,1H3. The van der Waals surface area contributed by atoms with E-state index in [1.807, 2.05) is 31.3 Å². The summed E-state index contributed by atoms with van der Waals surface area (Å²) in [4.78, 5) is 4.40. The highest BCUT2D eigenvalue weighted by Gasteiger charge is 2.02. The lowest BCUT2D eigenvalue weighted by Gasteiger charge is -2.07. The van der Waals surface area contributed by atoms with Crippen LogP contribution in [0, 0.1) is 0 Å². The summed E-state index contributed by atoms with van der Waals surface area (Å²) in [5.74, 6) is 0. The Morgan fingerprint density at radius 1 is 1.31 bits per heavy atom. The lowest BCUT2D eigenvalue weighted by Crippen LogP contribution is -2.05. The maximum atomic E-state index is 9.51. The van der Waals surface area contributed by atoms with Gasteiger partial charge >= 0.3 is 0 Å². The lowest BCUT2D eigenvalue weighted by atomic mass is 10.1. The number of fused-ring (bicyclic) bond motifs is 1. The Kier molecular flexibility index (Phi) is 3.52. The summed E-state index contributed by atoms with van der Waals surface area (Å²) in [6.45, 7) is 2.00. The molecule has 0 fully saturated rings. The van der Waals surface area contributed by atoms with E-state index in [1.165, 1.54) is 10.9 Å². The normalized spacial score (nSPS) is 12.9. The summed E-state index contributed by atoms with van der Waals surface area (Å²) < 4.78 is 0. The number of hydrogen-bond acceptors (Lipinski definition) is 2. The molecule has 1 aromatic carbocycles. The van der Waals surface area contributed by atoms with Gasteiger partial charge in [-0.25, -0.2) is 0 Å². The lowest BCUT2D eigenvalue weighted by molar-refractivity contribution is 0.160. The molecule has 2 heteroatoms. The third kappa shape index (κ3) is 2.58. The number of para-hydroxylation sites is 1. The fourth-order valence-electron chi connectivity index (χ4n) is 1.79. The van der Waals surface area contributed by atoms with Gasteiger partial charge < -0.3 is 5.11 Å². The minimum Gasteiger partial charge on any atom is -0.393 e. The Hall–Kier alpha value is -1.41. The van der Waals surface area contributed by atoms with Crippen molar-refractivity contribution in [1.82, 2.24) is 4.98 Å². The summed E-state index contributed by atoms with van der Waals surface area (Å²) in [5, 5.41) is 10.7. The van der Waals surface area contributed by atoms with E-state index in [4.69, 9.17) is 0 Å². The molecular formula is C14H17NO. The SMILES string of the molecule is CCC(O)CCc1cnc2ccccc2c1. The molecule has 1 unspecified atom stereocenters. The quantitative estimate of drug-likeness (QED) is 0.850. The second-order valence-corrected chi connectivity index (χ2v) is 4.14. The number of aromatic nitrogens is 1. The van der Waals surface area contributed by atoms with E-state index in [1.54, 1.807) is 0 Å². The zero-order chi connectivity index (χ0) is 11.4. The maximum absolute atomic E-state index is 9.51. The van der Waals surface area contributed by atoms with Crippen LogP contribution in [-0.4, -0.2) is 16.2 Å². The van der Waals surface area contributed by atoms with E-state index < -0.39 is 0 Å². The topological polar surface area (TPSA) is 33.1 Å². The second-order valence-electron chi connectivity index (χ2n) is 4.14. The van der Waals surface area contributed by atoms with Crippen LogP contribution >= 0.6 is 0 Å². The third-order valence-corrected chi connectivity index (χ3v) is 2.88. The van der Waals surface area contributed by atoms with Gasteiger partial charge in [0.2, 0.25) is 0 Å². The molecule has 84 valence electrons. The predicted molar refractivity (Wildman–Crippen MR) is 66.4 cm³/mol. The summed E-state index contributed by atoms with van der Waals surface area (Å²) in [5.41, 5.74) is 2.23. The molecule has 1 N–H and O–H groups in total. The first-order valence-corrected chi connectivity index (χ1v) is 5.81. The largest absolute Gasteiger partial charge is 0.393 e. The molecule has 2 rings (SSSR count). The first kappa shape index (κ1) is 11.1. The number of aliphatic hydroxyl groups excluding tert-OH is 1. The Balaban J connectivity index is 2.13. The van der Waals surface area contributed by atoms with Gasteiger partial charge in [-0.3, -0.25) is 4.98 Å². The van der Waals surface area contributed by atoms with Crippen molar-refractivity contribution < 1.29 is 5.11 Å². The van der Waals surface area contributed by atoms with Crippen molar-refractivity contribution in [1.29, 1.82) is 0 Å². The van der Waals surface area contributed by atoms with Gasteiger partial charge in [-0.2, -0.15) is 0 Å². The molecule has 0 saturated carbocycles. The van der Waals surface area contributed by atoms with Crippen LogP contribution in [0.5, 0.6) is 0 Å². The van der Waals surface area contributed by atoms with Gasteiger partial charge in [0.05, 0.1) is 11.6 Å². The highest BCUT2D eigenvalue weighted by molar-refractivity contribution is 5.78. The monoisotopic (exact) mass is 215 g/mol. The number of aryl methyl sites for hydroxylation is 1. The van der Waals surface area contributed by atoms with Crippen molar-refractivity contribution in [3.63, 3.8) is 0 Å². The molecule has 1 heterocycles. The molecule has 0 saturated heterocycles. The Morgan fingerprint density at radius 3 is 2.94 bits per heavy atom. The molecule has 0 amide bonds. The molecule has 0 aliphatic carbocycles. The Bertz CT molecular complexity index is 467. The molecule has 1 aromatic heterocycles. The van der Waals surface area contributed by atoms with Crippen molar-refractivity contribution in [2.24, 2.45) is 0 Å². The van der Waals surface area contributed by atoms with Gasteiger partial charge in [-0.05, 0) is 37.0 Å². The average molecular weight is 215 g/mol. The summed E-state index contributed by atoms with van der Waals surface area (Å²) in [7, 11) is 0. The fourth-order valence-corrected chi connectivity index (χ4v) is 1.79. The third-order valence-electron chi connectivity index (χ3n) is 2.88. The Morgan fingerprint density at radius 2 is 2.12 bits per heavy atom. The molecule has 0 radical (unpaired) electrons. The van der Waals surface area contributed by atoms with Crippen molar-refractivity contribution in [3.8, 4) is 0 Å². The van der Waals surface area contributed by atoms with Crippen LogP contribution in [0.15, 0.2) is 36.5 Å². The smallest absolute Gasteiger partial charge is 0.0702 e. The van der Waals surface area contributed by atoms with E-state index in [0.717, 1.165) is 24.8 Å². The van der Waals surface area contributed by atoms with Crippen LogP contribution in [0.4, 0.5) is 0 Å². The zero-order valence-electron chi connectivity index (χ0n) is 9.56. The van der Waals surface area contributed by atoms with E-state index in [9.17, 15) is 5.11 Å². The number of rotatable bonds is 4. The number of nitrogens with zero attached hydrogens (tertiary/aromatic N) is 1. The van der Waals surface area contributed by atoms with Crippen LogP contribution in [0.2, 0.25) is 0 Å². The summed E-state index contributed by atoms with van der Waals surface area (Å²) in [6, 6.07) is 10.3. The van der Waals surface area contributed by atoms with Crippen molar-refractivity contribution in [2.75, 3.05) is 0 Å². The number of benzene rings is 1. The molecule has 2 nitrogen and oxygen atoms in total. The first-order chi connectivity index (χ1) is 7.79. The first-order valence-electron chi connectivity index (χ1n) is 5.81.